The van der Waals surface area contributed by atoms with Crippen molar-refractivity contribution in [3.8, 4) is 0 Å². The minimum Gasteiger partial charge on any atom is -0.478 e. The first kappa shape index (κ1) is 7.73. The van der Waals surface area contributed by atoms with E-state index in [9.17, 15) is 4.79 Å². The number of carboxylic acids is 1. The van der Waals surface area contributed by atoms with Crippen LogP contribution in [-0.4, -0.2) is 16.1 Å². The van der Waals surface area contributed by atoms with Crippen LogP contribution in [0.15, 0.2) is 30.5 Å². The van der Waals surface area contributed by atoms with Gasteiger partial charge in [-0.2, -0.15) is 0 Å². The molecule has 0 aliphatic carbocycles. The van der Waals surface area contributed by atoms with Crippen LogP contribution in [-0.2, 0) is 0 Å². The van der Waals surface area contributed by atoms with E-state index in [4.69, 9.17) is 5.11 Å². The molecular weight excluding hydrogens is 166 g/mol. The summed E-state index contributed by atoms with van der Waals surface area (Å²) in [5.74, 6) is -0.925. The van der Waals surface area contributed by atoms with E-state index in [-0.39, 0.29) is 5.56 Å². The Hall–Kier alpha value is -1.90. The number of carboxylic acid groups (broad SMARTS) is 1. The van der Waals surface area contributed by atoms with Crippen molar-refractivity contribution in [2.45, 2.75) is 0 Å². The molecule has 0 bridgehead atoms. The van der Waals surface area contributed by atoms with Crippen molar-refractivity contribution in [3.63, 3.8) is 0 Å². The largest absolute Gasteiger partial charge is 0.478 e. The lowest BCUT2D eigenvalue weighted by molar-refractivity contribution is 0.0697. The summed E-state index contributed by atoms with van der Waals surface area (Å²) in [5, 5.41) is 9.51. The van der Waals surface area contributed by atoms with Crippen LogP contribution < -0.4 is 0 Å². The number of aromatic nitrogens is 1. The number of nitrogens with zero attached hydrogens (tertiary/aromatic N) is 1. The van der Waals surface area contributed by atoms with Crippen LogP contribution in [0.3, 0.4) is 0 Å². The molecule has 1 heterocycles. The van der Waals surface area contributed by atoms with Gasteiger partial charge in [0, 0.05) is 17.6 Å². The van der Waals surface area contributed by atoms with Gasteiger partial charge in [-0.3, -0.25) is 4.98 Å². The molecule has 13 heavy (non-hydrogen) atoms. The van der Waals surface area contributed by atoms with Gasteiger partial charge in [0.25, 0.3) is 0 Å². The summed E-state index contributed by atoms with van der Waals surface area (Å²) in [6, 6.07) is 9.33. The van der Waals surface area contributed by atoms with Crippen LogP contribution >= 0.6 is 0 Å². The first-order chi connectivity index (χ1) is 6.27. The molecular formula is C10H6NO2. The van der Waals surface area contributed by atoms with Gasteiger partial charge < -0.3 is 5.11 Å². The van der Waals surface area contributed by atoms with E-state index in [2.05, 4.69) is 11.1 Å². The van der Waals surface area contributed by atoms with Crippen LogP contribution in [0, 0.1) is 6.07 Å². The lowest BCUT2D eigenvalue weighted by Gasteiger charge is -1.97. The normalized spacial score (nSPS) is 10.2. The molecule has 0 saturated carbocycles. The van der Waals surface area contributed by atoms with E-state index in [0.29, 0.717) is 0 Å². The third-order valence-corrected chi connectivity index (χ3v) is 1.79. The van der Waals surface area contributed by atoms with Gasteiger partial charge in [0.15, 0.2) is 0 Å². The SMILES string of the molecule is O=C(O)c1ccc2nc[c]cc2c1. The second-order valence-corrected chi connectivity index (χ2v) is 2.65. The van der Waals surface area contributed by atoms with Crippen molar-refractivity contribution in [2.24, 2.45) is 0 Å². The molecule has 0 atom stereocenters. The molecule has 0 unspecified atom stereocenters. The zero-order valence-corrected chi connectivity index (χ0v) is 6.69. The molecule has 3 nitrogen and oxygen atoms in total. The number of aromatic carboxylic acids is 1. The van der Waals surface area contributed by atoms with Gasteiger partial charge in [-0.25, -0.2) is 4.79 Å². The fourth-order valence-electron chi connectivity index (χ4n) is 1.15. The van der Waals surface area contributed by atoms with E-state index in [1.165, 1.54) is 6.07 Å². The average molecular weight is 172 g/mol. The Bertz CT molecular complexity index is 465. The number of pyridine rings is 1. The minimum atomic E-state index is -0.925. The lowest BCUT2D eigenvalue weighted by Crippen LogP contribution is -1.95. The predicted molar refractivity (Wildman–Crippen MR) is 47.5 cm³/mol. The third-order valence-electron chi connectivity index (χ3n) is 1.79. The molecule has 0 aliphatic heterocycles. The molecule has 63 valence electrons. The summed E-state index contributed by atoms with van der Waals surface area (Å²) in [7, 11) is 0. The van der Waals surface area contributed by atoms with E-state index in [1.807, 2.05) is 0 Å². The monoisotopic (exact) mass is 172 g/mol. The Balaban J connectivity index is 2.69. The first-order valence-corrected chi connectivity index (χ1v) is 3.76. The van der Waals surface area contributed by atoms with Crippen LogP contribution in [0.2, 0.25) is 0 Å². The molecule has 0 amide bonds. The number of rotatable bonds is 1. The summed E-state index contributed by atoms with van der Waals surface area (Å²) >= 11 is 0. The zero-order chi connectivity index (χ0) is 9.26. The number of carbonyl (C=O) groups is 1. The molecule has 1 N–H and O–H groups in total. The molecule has 1 aromatic heterocycles. The Kier molecular flexibility index (Phi) is 1.70. The van der Waals surface area contributed by atoms with Gasteiger partial charge >= 0.3 is 5.97 Å². The molecule has 0 fully saturated rings. The molecule has 2 rings (SSSR count). The quantitative estimate of drug-likeness (QED) is 0.712. The summed E-state index contributed by atoms with van der Waals surface area (Å²) < 4.78 is 0. The van der Waals surface area contributed by atoms with Gasteiger partial charge in [0.2, 0.25) is 0 Å². The number of hydrogen-bond donors (Lipinski definition) is 1. The highest BCUT2D eigenvalue weighted by Crippen LogP contribution is 2.12. The lowest BCUT2D eigenvalue weighted by atomic mass is 10.1. The Morgan fingerprint density at radius 2 is 2.31 bits per heavy atom. The van der Waals surface area contributed by atoms with E-state index < -0.39 is 5.97 Å². The van der Waals surface area contributed by atoms with Crippen molar-refractivity contribution >= 4 is 16.9 Å². The molecule has 0 aliphatic rings. The Labute approximate surface area is 74.7 Å². The summed E-state index contributed by atoms with van der Waals surface area (Å²) in [6.07, 6.45) is 1.56. The maximum Gasteiger partial charge on any atom is 0.335 e. The second kappa shape index (κ2) is 2.86. The zero-order valence-electron chi connectivity index (χ0n) is 6.69. The highest BCUT2D eigenvalue weighted by molar-refractivity contribution is 5.93. The smallest absolute Gasteiger partial charge is 0.335 e. The van der Waals surface area contributed by atoms with Crippen molar-refractivity contribution in [1.29, 1.82) is 0 Å². The molecule has 3 heteroatoms. The molecule has 0 saturated heterocycles. The van der Waals surface area contributed by atoms with Crippen molar-refractivity contribution in [1.82, 2.24) is 4.98 Å². The highest BCUT2D eigenvalue weighted by atomic mass is 16.4. The van der Waals surface area contributed by atoms with Crippen LogP contribution in [0.1, 0.15) is 10.4 Å². The van der Waals surface area contributed by atoms with Crippen molar-refractivity contribution < 1.29 is 9.90 Å². The number of benzene rings is 1. The van der Waals surface area contributed by atoms with Gasteiger partial charge in [0.1, 0.15) is 0 Å². The van der Waals surface area contributed by atoms with Gasteiger partial charge in [-0.1, -0.05) is 0 Å². The van der Waals surface area contributed by atoms with Crippen LogP contribution in [0.5, 0.6) is 0 Å². The molecule has 1 aromatic carbocycles. The van der Waals surface area contributed by atoms with Crippen molar-refractivity contribution in [2.75, 3.05) is 0 Å². The summed E-state index contributed by atoms with van der Waals surface area (Å²) in [5.41, 5.74) is 1.05. The standard InChI is InChI=1S/C10H6NO2/c12-10(13)8-3-4-9-7(6-8)2-1-5-11-9/h2-6H,(H,12,13). The van der Waals surface area contributed by atoms with Gasteiger partial charge in [-0.15, -0.1) is 0 Å². The van der Waals surface area contributed by atoms with Crippen molar-refractivity contribution in [3.05, 3.63) is 42.1 Å². The van der Waals surface area contributed by atoms with E-state index in [0.717, 1.165) is 10.9 Å². The molecule has 2 aromatic rings. The van der Waals surface area contributed by atoms with Gasteiger partial charge in [-0.05, 0) is 24.3 Å². The Morgan fingerprint density at radius 3 is 3.08 bits per heavy atom. The van der Waals surface area contributed by atoms with E-state index in [1.54, 1.807) is 24.4 Å². The molecule has 1 radical (unpaired) electrons. The predicted octanol–water partition coefficient (Wildman–Crippen LogP) is 1.73. The maximum atomic E-state index is 10.6. The topological polar surface area (TPSA) is 50.2 Å². The summed E-state index contributed by atoms with van der Waals surface area (Å²) in [6.45, 7) is 0. The average Bonchev–Trinajstić information content (AvgIpc) is 2.17. The van der Waals surface area contributed by atoms with Crippen LogP contribution in [0.4, 0.5) is 0 Å². The third kappa shape index (κ3) is 1.36. The molecule has 0 spiro atoms. The minimum absolute atomic E-state index is 0.272. The van der Waals surface area contributed by atoms with Gasteiger partial charge in [0.05, 0.1) is 11.1 Å². The van der Waals surface area contributed by atoms with Crippen LogP contribution in [0.25, 0.3) is 10.9 Å². The summed E-state index contributed by atoms with van der Waals surface area (Å²) in [4.78, 5) is 14.6. The second-order valence-electron chi connectivity index (χ2n) is 2.65. The Morgan fingerprint density at radius 1 is 1.46 bits per heavy atom. The highest BCUT2D eigenvalue weighted by Gasteiger charge is 2.02. The fraction of sp³-hybridized carbons (Fsp3) is 0. The fourth-order valence-corrected chi connectivity index (χ4v) is 1.15. The van der Waals surface area contributed by atoms with E-state index >= 15 is 0 Å². The first-order valence-electron chi connectivity index (χ1n) is 3.76. The number of hydrogen-bond acceptors (Lipinski definition) is 2. The maximum absolute atomic E-state index is 10.6. The number of fused-ring (bicyclic) bond motifs is 1.